The number of hydrogen-bond donors (Lipinski definition) is 1. The van der Waals surface area contributed by atoms with Crippen LogP contribution < -0.4 is 0 Å². The number of carbonyl (C=O) groups is 1. The van der Waals surface area contributed by atoms with Gasteiger partial charge in [0.2, 0.25) is 0 Å². The lowest BCUT2D eigenvalue weighted by molar-refractivity contribution is -0.140. The third kappa shape index (κ3) is 6.08. The van der Waals surface area contributed by atoms with E-state index in [2.05, 4.69) is 61.9 Å². The second-order valence-corrected chi connectivity index (χ2v) is 9.12. The van der Waals surface area contributed by atoms with Gasteiger partial charge >= 0.3 is 5.97 Å². The molecule has 1 fully saturated rings. The molecule has 3 nitrogen and oxygen atoms in total. The molecule has 0 spiro atoms. The summed E-state index contributed by atoms with van der Waals surface area (Å²) in [6.45, 7) is 6.61. The van der Waals surface area contributed by atoms with E-state index >= 15 is 0 Å². The highest BCUT2D eigenvalue weighted by Crippen LogP contribution is 2.45. The van der Waals surface area contributed by atoms with E-state index < -0.39 is 6.10 Å². The van der Waals surface area contributed by atoms with E-state index in [0.717, 1.165) is 19.3 Å². The van der Waals surface area contributed by atoms with Gasteiger partial charge in [0, 0.05) is 17.7 Å². The maximum atomic E-state index is 11.1. The van der Waals surface area contributed by atoms with Gasteiger partial charge in [-0.15, -0.1) is 11.6 Å². The number of hydrogen-bond acceptors (Lipinski definition) is 3. The van der Waals surface area contributed by atoms with Crippen LogP contribution in [0.5, 0.6) is 0 Å². The van der Waals surface area contributed by atoms with Crippen molar-refractivity contribution in [2.45, 2.75) is 75.7 Å². The number of halogens is 1. The van der Waals surface area contributed by atoms with Crippen LogP contribution in [0, 0.1) is 5.92 Å². The first-order valence-corrected chi connectivity index (χ1v) is 10.3. The molecule has 0 aliphatic heterocycles. The average Bonchev–Trinajstić information content (AvgIpc) is 2.90. The lowest BCUT2D eigenvalue weighted by Crippen LogP contribution is -2.19. The summed E-state index contributed by atoms with van der Waals surface area (Å²) in [4.78, 5) is 11.1. The van der Waals surface area contributed by atoms with Gasteiger partial charge in [-0.1, -0.05) is 57.2 Å². The molecule has 0 saturated heterocycles. The molecule has 1 aliphatic carbocycles. The average molecular weight is 393 g/mol. The van der Waals surface area contributed by atoms with Gasteiger partial charge < -0.3 is 9.84 Å². The summed E-state index contributed by atoms with van der Waals surface area (Å²) in [5.41, 5.74) is 2.58. The molecule has 0 amide bonds. The molecular weight excluding hydrogens is 360 g/mol. The molecule has 0 heterocycles. The monoisotopic (exact) mass is 392 g/mol. The second kappa shape index (κ2) is 9.75. The molecule has 2 rings (SSSR count). The number of aliphatic hydroxyl groups excluding tert-OH is 1. The SMILES string of the molecule is COC(=O)CCC/C=C\C[C@@H]1[C@@H](c2ccc(C(C)(C)C)cc2)[C@H](O)C[C@H]1Cl. The number of esters is 1. The van der Waals surface area contributed by atoms with Crippen molar-refractivity contribution in [1.29, 1.82) is 0 Å². The molecule has 0 unspecified atom stereocenters. The van der Waals surface area contributed by atoms with E-state index in [9.17, 15) is 9.90 Å². The Morgan fingerprint density at radius 2 is 1.93 bits per heavy atom. The van der Waals surface area contributed by atoms with Gasteiger partial charge in [-0.05, 0) is 48.1 Å². The van der Waals surface area contributed by atoms with Crippen LogP contribution in [0.3, 0.4) is 0 Å². The van der Waals surface area contributed by atoms with Crippen molar-refractivity contribution < 1.29 is 14.6 Å². The highest BCUT2D eigenvalue weighted by Gasteiger charge is 2.41. The van der Waals surface area contributed by atoms with Crippen LogP contribution in [0.4, 0.5) is 0 Å². The van der Waals surface area contributed by atoms with E-state index in [0.29, 0.717) is 12.8 Å². The van der Waals surface area contributed by atoms with Crippen LogP contribution in [-0.2, 0) is 14.9 Å². The van der Waals surface area contributed by atoms with Gasteiger partial charge in [-0.25, -0.2) is 0 Å². The Morgan fingerprint density at radius 1 is 1.26 bits per heavy atom. The summed E-state index contributed by atoms with van der Waals surface area (Å²) < 4.78 is 4.65. The maximum absolute atomic E-state index is 11.1. The van der Waals surface area contributed by atoms with Crippen molar-refractivity contribution in [2.24, 2.45) is 5.92 Å². The number of allylic oxidation sites excluding steroid dienone is 2. The summed E-state index contributed by atoms with van der Waals surface area (Å²) >= 11 is 6.57. The molecule has 4 atom stereocenters. The Balaban J connectivity index is 1.99. The quantitative estimate of drug-likeness (QED) is 0.294. The van der Waals surface area contributed by atoms with Gasteiger partial charge in [0.15, 0.2) is 0 Å². The molecule has 150 valence electrons. The summed E-state index contributed by atoms with van der Waals surface area (Å²) in [6, 6.07) is 8.64. The first-order chi connectivity index (χ1) is 12.7. The van der Waals surface area contributed by atoms with Gasteiger partial charge in [-0.2, -0.15) is 0 Å². The first-order valence-electron chi connectivity index (χ1n) is 9.88. The maximum Gasteiger partial charge on any atom is 0.305 e. The van der Waals surface area contributed by atoms with Crippen molar-refractivity contribution in [2.75, 3.05) is 7.11 Å². The van der Waals surface area contributed by atoms with E-state index in [1.54, 1.807) is 0 Å². The van der Waals surface area contributed by atoms with E-state index in [4.69, 9.17) is 11.6 Å². The molecule has 1 aromatic carbocycles. The van der Waals surface area contributed by atoms with Crippen molar-refractivity contribution in [3.05, 3.63) is 47.5 Å². The summed E-state index contributed by atoms with van der Waals surface area (Å²) in [5.74, 6) is 0.127. The fourth-order valence-corrected chi connectivity index (χ4v) is 4.31. The molecule has 1 saturated carbocycles. The van der Waals surface area contributed by atoms with Gasteiger partial charge in [0.05, 0.1) is 13.2 Å². The van der Waals surface area contributed by atoms with Crippen molar-refractivity contribution in [3.8, 4) is 0 Å². The van der Waals surface area contributed by atoms with Crippen LogP contribution in [0.25, 0.3) is 0 Å². The third-order valence-electron chi connectivity index (χ3n) is 5.52. The number of aliphatic hydroxyl groups is 1. The molecule has 1 aromatic rings. The zero-order valence-corrected chi connectivity index (χ0v) is 17.7. The number of unbranched alkanes of at least 4 members (excludes halogenated alkanes) is 1. The lowest BCUT2D eigenvalue weighted by atomic mass is 9.82. The molecule has 1 N–H and O–H groups in total. The Hall–Kier alpha value is -1.32. The van der Waals surface area contributed by atoms with E-state index in [-0.39, 0.29) is 28.6 Å². The third-order valence-corrected chi connectivity index (χ3v) is 6.02. The topological polar surface area (TPSA) is 46.5 Å². The van der Waals surface area contributed by atoms with E-state index in [1.165, 1.54) is 18.2 Å². The smallest absolute Gasteiger partial charge is 0.305 e. The molecule has 1 aliphatic rings. The highest BCUT2D eigenvalue weighted by molar-refractivity contribution is 6.21. The van der Waals surface area contributed by atoms with Gasteiger partial charge in [0.1, 0.15) is 0 Å². The first kappa shape index (κ1) is 22.0. The zero-order chi connectivity index (χ0) is 20.0. The van der Waals surface area contributed by atoms with Crippen molar-refractivity contribution in [3.63, 3.8) is 0 Å². The number of ether oxygens (including phenoxy) is 1. The molecule has 0 aromatic heterocycles. The number of alkyl halides is 1. The highest BCUT2D eigenvalue weighted by atomic mass is 35.5. The van der Waals surface area contributed by atoms with Crippen molar-refractivity contribution >= 4 is 17.6 Å². The summed E-state index contributed by atoms with van der Waals surface area (Å²) in [7, 11) is 1.42. The Morgan fingerprint density at radius 3 is 2.52 bits per heavy atom. The summed E-state index contributed by atoms with van der Waals surface area (Å²) in [5, 5.41) is 10.6. The number of carbonyl (C=O) groups excluding carboxylic acids is 1. The minimum Gasteiger partial charge on any atom is -0.469 e. The minimum absolute atomic E-state index is 0.0213. The Labute approximate surface area is 168 Å². The Bertz CT molecular complexity index is 630. The number of methoxy groups -OCH3 is 1. The predicted molar refractivity (Wildman–Crippen MR) is 111 cm³/mol. The largest absolute Gasteiger partial charge is 0.469 e. The fraction of sp³-hybridized carbons (Fsp3) is 0.609. The minimum atomic E-state index is -0.397. The van der Waals surface area contributed by atoms with E-state index in [1.807, 2.05) is 0 Å². The van der Waals surface area contributed by atoms with Crippen LogP contribution in [0.2, 0.25) is 0 Å². The van der Waals surface area contributed by atoms with Crippen LogP contribution in [0.1, 0.15) is 69.9 Å². The fourth-order valence-electron chi connectivity index (χ4n) is 3.87. The van der Waals surface area contributed by atoms with Crippen molar-refractivity contribution in [1.82, 2.24) is 0 Å². The number of rotatable bonds is 7. The molecule has 4 heteroatoms. The lowest BCUT2D eigenvalue weighted by Gasteiger charge is -2.25. The standard InChI is InChI=1S/C23H33ClO3/c1-23(2,3)17-13-11-16(12-14-17)22-18(19(24)15-20(22)25)9-7-5-6-8-10-21(26)27-4/h5,7,11-14,18-20,22,25H,6,8-10,15H2,1-4H3/b7-5-/t18-,19+,20+,22+/m0/s1. The number of benzene rings is 1. The van der Waals surface area contributed by atoms with Crippen LogP contribution in [0.15, 0.2) is 36.4 Å². The molecule has 0 radical (unpaired) electrons. The second-order valence-electron chi connectivity index (χ2n) is 8.56. The summed E-state index contributed by atoms with van der Waals surface area (Å²) in [6.07, 6.45) is 7.42. The van der Waals surface area contributed by atoms with Gasteiger partial charge in [-0.3, -0.25) is 4.79 Å². The van der Waals surface area contributed by atoms with Crippen LogP contribution >= 0.6 is 11.6 Å². The normalized spacial score (nSPS) is 25.9. The molecule has 27 heavy (non-hydrogen) atoms. The Kier molecular flexibility index (Phi) is 7.93. The van der Waals surface area contributed by atoms with Crippen LogP contribution in [-0.4, -0.2) is 29.7 Å². The predicted octanol–water partition coefficient (Wildman–Crippen LogP) is 5.35. The zero-order valence-electron chi connectivity index (χ0n) is 17.0. The van der Waals surface area contributed by atoms with Gasteiger partial charge in [0.25, 0.3) is 0 Å². The molecular formula is C23H33ClO3. The molecule has 0 bridgehead atoms.